The van der Waals surface area contributed by atoms with Crippen molar-refractivity contribution in [3.05, 3.63) is 23.0 Å². The number of amides is 1. The predicted octanol–water partition coefficient (Wildman–Crippen LogP) is 0.0726. The van der Waals surface area contributed by atoms with E-state index >= 15 is 0 Å². The third-order valence-corrected chi connectivity index (χ3v) is 4.46. The lowest BCUT2D eigenvalue weighted by molar-refractivity contribution is -0.144. The molecule has 1 unspecified atom stereocenters. The normalized spacial score (nSPS) is 16.7. The van der Waals surface area contributed by atoms with Crippen molar-refractivity contribution >= 4 is 23.6 Å². The number of carboxylic acids is 1. The summed E-state index contributed by atoms with van der Waals surface area (Å²) in [4.78, 5) is 26.5. The number of aryl methyl sites for hydroxylation is 1. The first-order valence-corrected chi connectivity index (χ1v) is 7.88. The molecule has 0 radical (unpaired) electrons. The van der Waals surface area contributed by atoms with Crippen LogP contribution in [0.2, 0.25) is 0 Å². The molecule has 23 heavy (non-hydrogen) atoms. The summed E-state index contributed by atoms with van der Waals surface area (Å²) in [7, 11) is 0. The van der Waals surface area contributed by atoms with Crippen LogP contribution in [0.1, 0.15) is 23.7 Å². The van der Waals surface area contributed by atoms with Crippen LogP contribution >= 0.6 is 11.8 Å². The van der Waals surface area contributed by atoms with Gasteiger partial charge >= 0.3 is 5.97 Å². The van der Waals surface area contributed by atoms with Gasteiger partial charge in [0.2, 0.25) is 5.91 Å². The molecule has 1 saturated heterocycles. The van der Waals surface area contributed by atoms with Crippen molar-refractivity contribution in [2.24, 2.45) is 0 Å². The van der Waals surface area contributed by atoms with Crippen molar-refractivity contribution in [3.8, 4) is 5.75 Å². The average molecular weight is 344 g/mol. The number of aliphatic carboxylic acids is 1. The van der Waals surface area contributed by atoms with Crippen molar-refractivity contribution in [3.63, 3.8) is 0 Å². The van der Waals surface area contributed by atoms with Crippen molar-refractivity contribution in [1.29, 1.82) is 0 Å². The van der Waals surface area contributed by atoms with Gasteiger partial charge in [-0.25, -0.2) is 4.79 Å². The standard InChI is InChI=1S/C8H11NO3.C6H9NO3S/c1-5-8(12)7(4-11)6(3-10)2-9-5;1-4(8)7-2-3-11-5(7)6(9)10/h2,10-12H,3-4H2,1H3;5H,2-3H2,1H3,(H,9,10). The molecule has 0 bridgehead atoms. The molecule has 0 aliphatic carbocycles. The summed E-state index contributed by atoms with van der Waals surface area (Å²) in [6.07, 6.45) is 1.45. The number of aliphatic hydroxyl groups is 2. The van der Waals surface area contributed by atoms with Gasteiger partial charge in [0.1, 0.15) is 5.75 Å². The Hall–Kier alpha value is -1.84. The van der Waals surface area contributed by atoms with Crippen LogP contribution in [-0.2, 0) is 22.8 Å². The average Bonchev–Trinajstić information content (AvgIpc) is 3.00. The second kappa shape index (κ2) is 8.70. The number of carbonyl (C=O) groups is 2. The van der Waals surface area contributed by atoms with Gasteiger partial charge in [-0.2, -0.15) is 0 Å². The van der Waals surface area contributed by atoms with Gasteiger partial charge in [0, 0.05) is 36.5 Å². The van der Waals surface area contributed by atoms with Gasteiger partial charge < -0.3 is 25.3 Å². The monoisotopic (exact) mass is 344 g/mol. The topological polar surface area (TPSA) is 131 Å². The van der Waals surface area contributed by atoms with Crippen molar-refractivity contribution in [1.82, 2.24) is 9.88 Å². The van der Waals surface area contributed by atoms with Crippen LogP contribution in [-0.4, -0.2) is 59.9 Å². The molecule has 1 aromatic rings. The number of carbonyl (C=O) groups excluding carboxylic acids is 1. The van der Waals surface area contributed by atoms with E-state index in [4.69, 9.17) is 15.3 Å². The third-order valence-electron chi connectivity index (χ3n) is 3.27. The van der Waals surface area contributed by atoms with Gasteiger partial charge in [-0.15, -0.1) is 11.8 Å². The smallest absolute Gasteiger partial charge is 0.337 e. The quantitative estimate of drug-likeness (QED) is 0.606. The molecule has 0 aromatic carbocycles. The van der Waals surface area contributed by atoms with E-state index < -0.39 is 11.3 Å². The first-order valence-electron chi connectivity index (χ1n) is 6.83. The molecule has 1 aromatic heterocycles. The summed E-state index contributed by atoms with van der Waals surface area (Å²) in [6.45, 7) is 3.07. The van der Waals surface area contributed by atoms with Crippen LogP contribution in [0.4, 0.5) is 0 Å². The number of hydrogen-bond donors (Lipinski definition) is 4. The number of aliphatic hydroxyl groups excluding tert-OH is 2. The largest absolute Gasteiger partial charge is 0.506 e. The molecule has 1 fully saturated rings. The molecule has 128 valence electrons. The van der Waals surface area contributed by atoms with E-state index in [1.165, 1.54) is 29.8 Å². The maximum absolute atomic E-state index is 10.8. The number of aromatic nitrogens is 1. The van der Waals surface area contributed by atoms with Crippen LogP contribution in [0.3, 0.4) is 0 Å². The summed E-state index contributed by atoms with van der Waals surface area (Å²) in [5.74, 6) is -0.412. The minimum Gasteiger partial charge on any atom is -0.506 e. The molecule has 1 aliphatic rings. The number of nitrogens with zero attached hydrogens (tertiary/aromatic N) is 2. The van der Waals surface area contributed by atoms with E-state index in [2.05, 4.69) is 4.98 Å². The highest BCUT2D eigenvalue weighted by Crippen LogP contribution is 2.24. The lowest BCUT2D eigenvalue weighted by atomic mass is 10.1. The van der Waals surface area contributed by atoms with Gasteiger partial charge in [0.05, 0.1) is 18.9 Å². The molecule has 2 rings (SSSR count). The Balaban J connectivity index is 0.000000231. The molecule has 1 aliphatic heterocycles. The lowest BCUT2D eigenvalue weighted by Crippen LogP contribution is -2.37. The lowest BCUT2D eigenvalue weighted by Gasteiger charge is -2.17. The van der Waals surface area contributed by atoms with Gasteiger partial charge in [0.25, 0.3) is 0 Å². The van der Waals surface area contributed by atoms with E-state index in [0.29, 0.717) is 23.4 Å². The zero-order valence-electron chi connectivity index (χ0n) is 12.9. The van der Waals surface area contributed by atoms with Crippen LogP contribution in [0.15, 0.2) is 6.20 Å². The van der Waals surface area contributed by atoms with Gasteiger partial charge in [-0.05, 0) is 6.92 Å². The summed E-state index contributed by atoms with van der Waals surface area (Å²) < 4.78 is 0. The fourth-order valence-electron chi connectivity index (χ4n) is 1.99. The molecule has 4 N–H and O–H groups in total. The molecule has 1 amide bonds. The number of rotatable bonds is 3. The number of aromatic hydroxyl groups is 1. The zero-order chi connectivity index (χ0) is 17.6. The van der Waals surface area contributed by atoms with E-state index in [1.54, 1.807) is 6.92 Å². The molecule has 1 atom stereocenters. The van der Waals surface area contributed by atoms with E-state index in [1.807, 2.05) is 0 Å². The van der Waals surface area contributed by atoms with Gasteiger partial charge in [-0.1, -0.05) is 0 Å². The highest BCUT2D eigenvalue weighted by molar-refractivity contribution is 8.00. The van der Waals surface area contributed by atoms with Gasteiger partial charge in [-0.3, -0.25) is 9.78 Å². The number of pyridine rings is 1. The molecule has 0 spiro atoms. The first-order chi connectivity index (χ1) is 10.8. The fraction of sp³-hybridized carbons (Fsp3) is 0.500. The zero-order valence-corrected chi connectivity index (χ0v) is 13.7. The Kier molecular flexibility index (Phi) is 7.27. The Bertz CT molecular complexity index is 561. The minimum atomic E-state index is -0.928. The molecule has 0 saturated carbocycles. The van der Waals surface area contributed by atoms with Crippen molar-refractivity contribution in [2.75, 3.05) is 12.3 Å². The minimum absolute atomic E-state index is 0.0379. The second-order valence-corrected chi connectivity index (χ2v) is 5.97. The summed E-state index contributed by atoms with van der Waals surface area (Å²) >= 11 is 1.29. The van der Waals surface area contributed by atoms with Gasteiger partial charge in [0.15, 0.2) is 5.37 Å². The number of hydrogen-bond acceptors (Lipinski definition) is 7. The third kappa shape index (κ3) is 4.81. The molecular formula is C14H20N2O6S. The van der Waals surface area contributed by atoms with E-state index in [9.17, 15) is 14.7 Å². The number of carboxylic acid groups (broad SMARTS) is 1. The Labute approximate surface area is 137 Å². The van der Waals surface area contributed by atoms with Crippen LogP contribution in [0, 0.1) is 6.92 Å². The molecule has 9 heteroatoms. The van der Waals surface area contributed by atoms with Crippen molar-refractivity contribution in [2.45, 2.75) is 32.4 Å². The maximum Gasteiger partial charge on any atom is 0.337 e. The Morgan fingerprint density at radius 1 is 1.39 bits per heavy atom. The molecular weight excluding hydrogens is 324 g/mol. The molecule has 8 nitrogen and oxygen atoms in total. The maximum atomic E-state index is 10.8. The van der Waals surface area contributed by atoms with E-state index in [0.717, 1.165) is 5.75 Å². The predicted molar refractivity (Wildman–Crippen MR) is 83.8 cm³/mol. The van der Waals surface area contributed by atoms with Crippen LogP contribution in [0.25, 0.3) is 0 Å². The highest BCUT2D eigenvalue weighted by Gasteiger charge is 2.32. The fourth-order valence-corrected chi connectivity index (χ4v) is 3.10. The summed E-state index contributed by atoms with van der Waals surface area (Å²) in [5, 5.41) is 35.0. The SMILES string of the molecule is CC(=O)N1CCSC1C(=O)O.Cc1ncc(CO)c(CO)c1O. The highest BCUT2D eigenvalue weighted by atomic mass is 32.2. The van der Waals surface area contributed by atoms with Crippen LogP contribution < -0.4 is 0 Å². The van der Waals surface area contributed by atoms with Crippen molar-refractivity contribution < 1.29 is 30.0 Å². The second-order valence-electron chi connectivity index (χ2n) is 4.79. The first kappa shape index (κ1) is 19.2. The Morgan fingerprint density at radius 3 is 2.48 bits per heavy atom. The van der Waals surface area contributed by atoms with E-state index in [-0.39, 0.29) is 24.9 Å². The summed E-state index contributed by atoms with van der Waals surface area (Å²) in [5.41, 5.74) is 1.27. The number of thioether (sulfide) groups is 1. The molecule has 2 heterocycles. The Morgan fingerprint density at radius 2 is 2.04 bits per heavy atom. The summed E-state index contributed by atoms with van der Waals surface area (Å²) in [6, 6.07) is 0. The van der Waals surface area contributed by atoms with Crippen LogP contribution in [0.5, 0.6) is 5.75 Å².